The first-order valence-corrected chi connectivity index (χ1v) is 9.54. The molecule has 0 bridgehead atoms. The van der Waals surface area contributed by atoms with E-state index in [0.717, 1.165) is 29.4 Å². The van der Waals surface area contributed by atoms with Gasteiger partial charge in [-0.15, -0.1) is 5.10 Å². The number of nitro benzene ring substituents is 1. The molecule has 0 atom stereocenters. The van der Waals surface area contributed by atoms with E-state index >= 15 is 0 Å². The van der Waals surface area contributed by atoms with Gasteiger partial charge in [-0.05, 0) is 50.1 Å². The van der Waals surface area contributed by atoms with Gasteiger partial charge in [0.05, 0.1) is 16.5 Å². The second-order valence-corrected chi connectivity index (χ2v) is 7.36. The minimum atomic E-state index is -0.410. The summed E-state index contributed by atoms with van der Waals surface area (Å²) in [6.45, 7) is 1.68. The smallest absolute Gasteiger partial charge is 0.272 e. The highest BCUT2D eigenvalue weighted by molar-refractivity contribution is 5.80. The van der Waals surface area contributed by atoms with Gasteiger partial charge in [0, 0.05) is 22.8 Å². The van der Waals surface area contributed by atoms with Crippen molar-refractivity contribution < 1.29 is 9.45 Å². The fraction of sp³-hybridized carbons (Fsp3) is 0.300. The van der Waals surface area contributed by atoms with E-state index in [2.05, 4.69) is 20.5 Å². The molecule has 1 aliphatic rings. The van der Waals surface area contributed by atoms with E-state index in [1.165, 1.54) is 18.9 Å². The molecule has 0 unspecified atom stereocenters. The quantitative estimate of drug-likeness (QED) is 0.373. The highest BCUT2D eigenvalue weighted by Gasteiger charge is 2.21. The zero-order chi connectivity index (χ0) is 20.0. The van der Waals surface area contributed by atoms with Gasteiger partial charge in [-0.25, -0.2) is 4.68 Å². The molecule has 0 spiro atoms. The highest BCUT2D eigenvalue weighted by Crippen LogP contribution is 2.32. The maximum absolute atomic E-state index is 11.0. The van der Waals surface area contributed by atoms with Gasteiger partial charge in [-0.1, -0.05) is 23.2 Å². The molecular weight excluding hydrogens is 372 g/mol. The van der Waals surface area contributed by atoms with E-state index in [-0.39, 0.29) is 5.69 Å². The summed E-state index contributed by atoms with van der Waals surface area (Å²) in [5, 5.41) is 23.7. The highest BCUT2D eigenvalue weighted by atomic mass is 16.6. The van der Waals surface area contributed by atoms with Crippen molar-refractivity contribution in [3.8, 4) is 22.8 Å². The number of fused-ring (bicyclic) bond motifs is 1. The molecule has 1 aliphatic carbocycles. The van der Waals surface area contributed by atoms with Gasteiger partial charge in [-0.3, -0.25) is 10.1 Å². The minimum Gasteiger partial charge on any atom is -0.334 e. The molecule has 0 amide bonds. The molecular formula is C20H18N6O3. The van der Waals surface area contributed by atoms with E-state index in [1.54, 1.807) is 19.1 Å². The Morgan fingerprint density at radius 3 is 2.69 bits per heavy atom. The summed E-state index contributed by atoms with van der Waals surface area (Å²) in [5.41, 5.74) is 3.83. The van der Waals surface area contributed by atoms with Gasteiger partial charge in [0.25, 0.3) is 11.6 Å². The first kappa shape index (κ1) is 17.5. The first-order chi connectivity index (χ1) is 14.1. The van der Waals surface area contributed by atoms with Crippen molar-refractivity contribution in [2.24, 2.45) is 0 Å². The van der Waals surface area contributed by atoms with Crippen molar-refractivity contribution in [3.05, 3.63) is 52.1 Å². The predicted octanol–water partition coefficient (Wildman–Crippen LogP) is 4.48. The fourth-order valence-corrected chi connectivity index (χ4v) is 3.95. The molecule has 2 aromatic heterocycles. The van der Waals surface area contributed by atoms with Crippen LogP contribution in [0.5, 0.6) is 0 Å². The SMILES string of the molecule is Cc1cc(-c2nc(-c3ccc4c(c3)nnn4C3CCCC3)no2)ccc1[N+](=O)[O-]. The second kappa shape index (κ2) is 6.77. The minimum absolute atomic E-state index is 0.0595. The summed E-state index contributed by atoms with van der Waals surface area (Å²) in [4.78, 5) is 15.0. The molecule has 0 saturated heterocycles. The summed E-state index contributed by atoms with van der Waals surface area (Å²) in [5.74, 6) is 0.751. The van der Waals surface area contributed by atoms with Crippen molar-refractivity contribution in [3.63, 3.8) is 0 Å². The maximum atomic E-state index is 11.0. The van der Waals surface area contributed by atoms with Crippen LogP contribution in [0.15, 0.2) is 40.9 Å². The molecule has 1 fully saturated rings. The Labute approximate surface area is 165 Å². The molecule has 0 aliphatic heterocycles. The Kier molecular flexibility index (Phi) is 4.08. The van der Waals surface area contributed by atoms with E-state index in [4.69, 9.17) is 4.52 Å². The van der Waals surface area contributed by atoms with Gasteiger partial charge in [0.1, 0.15) is 5.52 Å². The number of nitrogens with zero attached hydrogens (tertiary/aromatic N) is 6. The van der Waals surface area contributed by atoms with E-state index in [0.29, 0.717) is 28.9 Å². The van der Waals surface area contributed by atoms with Crippen molar-refractivity contribution in [1.29, 1.82) is 0 Å². The molecule has 0 radical (unpaired) electrons. The Morgan fingerprint density at radius 2 is 1.93 bits per heavy atom. The topological polar surface area (TPSA) is 113 Å². The van der Waals surface area contributed by atoms with Crippen LogP contribution in [0.3, 0.4) is 0 Å². The first-order valence-electron chi connectivity index (χ1n) is 9.54. The average Bonchev–Trinajstić information content (AvgIpc) is 3.46. The average molecular weight is 390 g/mol. The molecule has 146 valence electrons. The van der Waals surface area contributed by atoms with Gasteiger partial charge >= 0.3 is 0 Å². The number of aromatic nitrogens is 5. The lowest BCUT2D eigenvalue weighted by Gasteiger charge is -2.09. The summed E-state index contributed by atoms with van der Waals surface area (Å²) in [6.07, 6.45) is 4.75. The van der Waals surface area contributed by atoms with Crippen LogP contribution in [0.25, 0.3) is 33.9 Å². The standard InChI is InChI=1S/C20H18N6O3/c1-12-10-14(7-8-17(12)26(27)28)20-21-19(23-29-20)13-6-9-18-16(11-13)22-24-25(18)15-4-2-3-5-15/h6-11,15H,2-5H2,1H3. The molecule has 1 saturated carbocycles. The molecule has 0 N–H and O–H groups in total. The van der Waals surface area contributed by atoms with Crippen molar-refractivity contribution in [2.45, 2.75) is 38.6 Å². The lowest BCUT2D eigenvalue weighted by molar-refractivity contribution is -0.385. The van der Waals surface area contributed by atoms with Crippen molar-refractivity contribution in [2.75, 3.05) is 0 Å². The van der Waals surface area contributed by atoms with Gasteiger partial charge < -0.3 is 4.52 Å². The monoisotopic (exact) mass is 390 g/mol. The number of aryl methyl sites for hydroxylation is 1. The zero-order valence-electron chi connectivity index (χ0n) is 15.8. The molecule has 9 heteroatoms. The third kappa shape index (κ3) is 3.04. The molecule has 2 aromatic carbocycles. The number of nitro groups is 1. The van der Waals surface area contributed by atoms with Crippen LogP contribution in [0.1, 0.15) is 37.3 Å². The Hall–Kier alpha value is -3.62. The van der Waals surface area contributed by atoms with E-state index in [9.17, 15) is 10.1 Å². The second-order valence-electron chi connectivity index (χ2n) is 7.36. The number of rotatable bonds is 4. The van der Waals surface area contributed by atoms with Crippen molar-refractivity contribution >= 4 is 16.7 Å². The Morgan fingerprint density at radius 1 is 1.14 bits per heavy atom. The Balaban J connectivity index is 1.46. The summed E-state index contributed by atoms with van der Waals surface area (Å²) in [6, 6.07) is 11.0. The molecule has 5 rings (SSSR count). The molecule has 2 heterocycles. The molecule has 9 nitrogen and oxygen atoms in total. The lowest BCUT2D eigenvalue weighted by Crippen LogP contribution is -2.06. The fourth-order valence-electron chi connectivity index (χ4n) is 3.95. The van der Waals surface area contributed by atoms with Crippen LogP contribution < -0.4 is 0 Å². The summed E-state index contributed by atoms with van der Waals surface area (Å²) in [7, 11) is 0. The summed E-state index contributed by atoms with van der Waals surface area (Å²) < 4.78 is 7.41. The van der Waals surface area contributed by atoms with Gasteiger partial charge in [0.2, 0.25) is 5.82 Å². The van der Waals surface area contributed by atoms with Crippen LogP contribution >= 0.6 is 0 Å². The van der Waals surface area contributed by atoms with Crippen LogP contribution in [0, 0.1) is 17.0 Å². The third-order valence-electron chi connectivity index (χ3n) is 5.47. The third-order valence-corrected chi connectivity index (χ3v) is 5.47. The summed E-state index contributed by atoms with van der Waals surface area (Å²) >= 11 is 0. The van der Waals surface area contributed by atoms with Gasteiger partial charge in [0.15, 0.2) is 0 Å². The normalized spacial score (nSPS) is 14.7. The largest absolute Gasteiger partial charge is 0.334 e. The van der Waals surface area contributed by atoms with Crippen LogP contribution in [0.2, 0.25) is 0 Å². The zero-order valence-corrected chi connectivity index (χ0v) is 15.8. The number of hydrogen-bond acceptors (Lipinski definition) is 7. The van der Waals surface area contributed by atoms with Gasteiger partial charge in [-0.2, -0.15) is 4.98 Å². The molecule has 4 aromatic rings. The maximum Gasteiger partial charge on any atom is 0.272 e. The number of hydrogen-bond donors (Lipinski definition) is 0. The lowest BCUT2D eigenvalue weighted by atomic mass is 10.1. The number of benzene rings is 2. The van der Waals surface area contributed by atoms with E-state index < -0.39 is 4.92 Å². The molecule has 29 heavy (non-hydrogen) atoms. The Bertz CT molecular complexity index is 1220. The predicted molar refractivity (Wildman–Crippen MR) is 105 cm³/mol. The van der Waals surface area contributed by atoms with Crippen LogP contribution in [-0.4, -0.2) is 30.1 Å². The van der Waals surface area contributed by atoms with E-state index in [1.807, 2.05) is 22.9 Å². The van der Waals surface area contributed by atoms with Crippen LogP contribution in [-0.2, 0) is 0 Å². The van der Waals surface area contributed by atoms with Crippen molar-refractivity contribution in [1.82, 2.24) is 25.1 Å². The van der Waals surface area contributed by atoms with Crippen LogP contribution in [0.4, 0.5) is 5.69 Å².